The molecule has 2 heterocycles. The Labute approximate surface area is 121 Å². The van der Waals surface area contributed by atoms with Gasteiger partial charge in [0.05, 0.1) is 6.10 Å². The highest BCUT2D eigenvalue weighted by Crippen LogP contribution is 2.42. The molecule has 112 valence electrons. The first-order valence-electron chi connectivity index (χ1n) is 8.38. The van der Waals surface area contributed by atoms with E-state index in [1.54, 1.807) is 0 Å². The minimum atomic E-state index is -0.224. The lowest BCUT2D eigenvalue weighted by Crippen LogP contribution is -2.49. The molecule has 2 aliphatic carbocycles. The van der Waals surface area contributed by atoms with E-state index in [1.807, 2.05) is 0 Å². The molecular weight excluding hydrogens is 252 g/mol. The molecule has 2 saturated carbocycles. The number of aliphatic hydroxyl groups is 1. The number of amides is 1. The average molecular weight is 278 g/mol. The standard InChI is InChI=1S/C16H26N2O2/c19-14-8-13(9-14)15(20)17-7-5-16(11-17)4-1-6-18(16)10-12-2-3-12/h12-14,19H,1-11H2. The second-order valence-corrected chi connectivity index (χ2v) is 7.55. The summed E-state index contributed by atoms with van der Waals surface area (Å²) in [6.45, 7) is 4.39. The summed E-state index contributed by atoms with van der Waals surface area (Å²) in [4.78, 5) is 17.3. The molecule has 4 fully saturated rings. The van der Waals surface area contributed by atoms with E-state index in [4.69, 9.17) is 0 Å². The molecule has 0 aromatic rings. The lowest BCUT2D eigenvalue weighted by molar-refractivity contribution is -0.141. The topological polar surface area (TPSA) is 43.8 Å². The Morgan fingerprint density at radius 2 is 2.00 bits per heavy atom. The van der Waals surface area contributed by atoms with Crippen molar-refractivity contribution in [3.8, 4) is 0 Å². The van der Waals surface area contributed by atoms with E-state index >= 15 is 0 Å². The van der Waals surface area contributed by atoms with Gasteiger partial charge in [-0.1, -0.05) is 0 Å². The van der Waals surface area contributed by atoms with Gasteiger partial charge >= 0.3 is 0 Å². The van der Waals surface area contributed by atoms with Crippen LogP contribution in [-0.4, -0.2) is 58.6 Å². The molecule has 1 atom stereocenters. The van der Waals surface area contributed by atoms with Crippen LogP contribution >= 0.6 is 0 Å². The molecule has 20 heavy (non-hydrogen) atoms. The van der Waals surface area contributed by atoms with E-state index in [0.29, 0.717) is 24.3 Å². The first kappa shape index (κ1) is 13.1. The van der Waals surface area contributed by atoms with E-state index in [0.717, 1.165) is 19.0 Å². The van der Waals surface area contributed by atoms with E-state index in [1.165, 1.54) is 45.2 Å². The van der Waals surface area contributed by atoms with Gasteiger partial charge in [0.25, 0.3) is 0 Å². The Hall–Kier alpha value is -0.610. The number of rotatable bonds is 3. The molecule has 0 aromatic heterocycles. The summed E-state index contributed by atoms with van der Waals surface area (Å²) in [5, 5.41) is 9.38. The van der Waals surface area contributed by atoms with Crippen LogP contribution in [-0.2, 0) is 4.79 Å². The van der Waals surface area contributed by atoms with Crippen LogP contribution < -0.4 is 0 Å². The van der Waals surface area contributed by atoms with Crippen molar-refractivity contribution in [2.45, 2.75) is 56.6 Å². The van der Waals surface area contributed by atoms with E-state index < -0.39 is 0 Å². The highest BCUT2D eigenvalue weighted by molar-refractivity contribution is 5.80. The van der Waals surface area contributed by atoms with Crippen molar-refractivity contribution in [3.63, 3.8) is 0 Å². The Morgan fingerprint density at radius 3 is 2.70 bits per heavy atom. The third-order valence-electron chi connectivity index (χ3n) is 6.02. The third kappa shape index (κ3) is 2.17. The van der Waals surface area contributed by atoms with Gasteiger partial charge in [0.15, 0.2) is 0 Å². The van der Waals surface area contributed by atoms with Gasteiger partial charge in [-0.05, 0) is 57.4 Å². The highest BCUT2D eigenvalue weighted by atomic mass is 16.3. The summed E-state index contributed by atoms with van der Waals surface area (Å²) in [6.07, 6.45) is 7.72. The Morgan fingerprint density at radius 1 is 1.20 bits per heavy atom. The molecule has 1 spiro atoms. The van der Waals surface area contributed by atoms with Gasteiger partial charge in [0.2, 0.25) is 5.91 Å². The molecule has 0 aromatic carbocycles. The largest absolute Gasteiger partial charge is 0.393 e. The molecule has 4 rings (SSSR count). The zero-order valence-electron chi connectivity index (χ0n) is 12.3. The van der Waals surface area contributed by atoms with Crippen molar-refractivity contribution < 1.29 is 9.90 Å². The summed E-state index contributed by atoms with van der Waals surface area (Å²) in [5.74, 6) is 1.36. The predicted octanol–water partition coefficient (Wildman–Crippen LogP) is 1.23. The van der Waals surface area contributed by atoms with Crippen LogP contribution in [0.1, 0.15) is 44.9 Å². The molecule has 2 aliphatic heterocycles. The summed E-state index contributed by atoms with van der Waals surface area (Å²) in [6, 6.07) is 0. The fourth-order valence-electron chi connectivity index (χ4n) is 4.45. The maximum Gasteiger partial charge on any atom is 0.225 e. The number of hydrogen-bond acceptors (Lipinski definition) is 3. The number of carbonyl (C=O) groups excluding carboxylic acids is 1. The van der Waals surface area contributed by atoms with Gasteiger partial charge in [-0.2, -0.15) is 0 Å². The Bertz CT molecular complexity index is 403. The number of likely N-dealkylation sites (tertiary alicyclic amines) is 2. The molecular formula is C16H26N2O2. The zero-order valence-corrected chi connectivity index (χ0v) is 12.3. The average Bonchev–Trinajstić information content (AvgIpc) is 2.98. The highest BCUT2D eigenvalue weighted by Gasteiger charge is 2.49. The lowest BCUT2D eigenvalue weighted by atomic mass is 9.81. The molecule has 1 unspecified atom stereocenters. The molecule has 1 amide bonds. The minimum absolute atomic E-state index is 0.110. The third-order valence-corrected chi connectivity index (χ3v) is 6.02. The van der Waals surface area contributed by atoms with Gasteiger partial charge in [0.1, 0.15) is 0 Å². The number of carbonyl (C=O) groups is 1. The quantitative estimate of drug-likeness (QED) is 0.844. The smallest absolute Gasteiger partial charge is 0.225 e. The fraction of sp³-hybridized carbons (Fsp3) is 0.938. The van der Waals surface area contributed by atoms with Crippen LogP contribution in [0.3, 0.4) is 0 Å². The molecule has 4 nitrogen and oxygen atoms in total. The molecule has 4 heteroatoms. The lowest BCUT2D eigenvalue weighted by Gasteiger charge is -2.37. The van der Waals surface area contributed by atoms with Gasteiger partial charge in [0, 0.05) is 31.1 Å². The summed E-state index contributed by atoms with van der Waals surface area (Å²) in [7, 11) is 0. The summed E-state index contributed by atoms with van der Waals surface area (Å²) < 4.78 is 0. The van der Waals surface area contributed by atoms with E-state index in [-0.39, 0.29) is 12.0 Å². The fourth-order valence-corrected chi connectivity index (χ4v) is 4.45. The van der Waals surface area contributed by atoms with Crippen molar-refractivity contribution >= 4 is 5.91 Å². The summed E-state index contributed by atoms with van der Waals surface area (Å²) in [5.41, 5.74) is 0.306. The van der Waals surface area contributed by atoms with Gasteiger partial charge in [-0.15, -0.1) is 0 Å². The molecule has 0 bridgehead atoms. The Balaban J connectivity index is 1.39. The molecule has 0 radical (unpaired) electrons. The zero-order chi connectivity index (χ0) is 13.7. The second-order valence-electron chi connectivity index (χ2n) is 7.55. The van der Waals surface area contributed by atoms with Crippen molar-refractivity contribution in [1.29, 1.82) is 0 Å². The van der Waals surface area contributed by atoms with Crippen LogP contribution in [0, 0.1) is 11.8 Å². The van der Waals surface area contributed by atoms with E-state index in [9.17, 15) is 9.90 Å². The first-order valence-corrected chi connectivity index (χ1v) is 8.38. The van der Waals surface area contributed by atoms with Crippen LogP contribution in [0.4, 0.5) is 0 Å². The maximum atomic E-state index is 12.5. The van der Waals surface area contributed by atoms with Gasteiger partial charge in [-0.3, -0.25) is 9.69 Å². The van der Waals surface area contributed by atoms with Crippen LogP contribution in [0.5, 0.6) is 0 Å². The summed E-state index contributed by atoms with van der Waals surface area (Å²) >= 11 is 0. The van der Waals surface area contributed by atoms with Gasteiger partial charge in [-0.25, -0.2) is 0 Å². The number of hydrogen-bond donors (Lipinski definition) is 1. The van der Waals surface area contributed by atoms with Crippen molar-refractivity contribution in [2.75, 3.05) is 26.2 Å². The first-order chi connectivity index (χ1) is 9.66. The minimum Gasteiger partial charge on any atom is -0.393 e. The van der Waals surface area contributed by atoms with Crippen LogP contribution in [0.2, 0.25) is 0 Å². The second kappa shape index (κ2) is 4.70. The van der Waals surface area contributed by atoms with Gasteiger partial charge < -0.3 is 10.0 Å². The molecule has 1 N–H and O–H groups in total. The molecule has 2 saturated heterocycles. The normalized spacial score (nSPS) is 41.4. The number of aliphatic hydroxyl groups excluding tert-OH is 1. The monoisotopic (exact) mass is 278 g/mol. The number of nitrogens with zero attached hydrogens (tertiary/aromatic N) is 2. The maximum absolute atomic E-state index is 12.5. The van der Waals surface area contributed by atoms with Crippen molar-refractivity contribution in [3.05, 3.63) is 0 Å². The SMILES string of the molecule is O=C(C1CC(O)C1)N1CCC2(CCCN2CC2CC2)C1. The predicted molar refractivity (Wildman–Crippen MR) is 76.2 cm³/mol. The Kier molecular flexibility index (Phi) is 3.08. The van der Waals surface area contributed by atoms with Crippen molar-refractivity contribution in [2.24, 2.45) is 11.8 Å². The van der Waals surface area contributed by atoms with E-state index in [2.05, 4.69) is 9.80 Å². The van der Waals surface area contributed by atoms with Crippen molar-refractivity contribution in [1.82, 2.24) is 9.80 Å². The van der Waals surface area contributed by atoms with Crippen LogP contribution in [0.15, 0.2) is 0 Å². The molecule has 4 aliphatic rings. The van der Waals surface area contributed by atoms with Crippen LogP contribution in [0.25, 0.3) is 0 Å².